The lowest BCUT2D eigenvalue weighted by molar-refractivity contribution is 0.503. The van der Waals surface area contributed by atoms with E-state index in [1.807, 2.05) is 49.4 Å². The monoisotopic (exact) mass is 373 g/mol. The van der Waals surface area contributed by atoms with Crippen molar-refractivity contribution in [2.45, 2.75) is 13.5 Å². The van der Waals surface area contributed by atoms with Crippen LogP contribution in [0, 0.1) is 6.92 Å². The smallest absolute Gasteiger partial charge is 0.262 e. The lowest BCUT2D eigenvalue weighted by Crippen LogP contribution is -2.21. The molecule has 0 fully saturated rings. The first kappa shape index (κ1) is 16.0. The number of rotatable bonds is 3. The molecule has 0 aliphatic rings. The van der Waals surface area contributed by atoms with Crippen LogP contribution >= 0.6 is 11.3 Å². The van der Waals surface area contributed by atoms with Gasteiger partial charge in [0.25, 0.3) is 5.56 Å². The SMILES string of the molecule is Cc1c(-c2ccccc2)sc2ncn(Cc3nc4ccccc4o3)c(=O)c12. The Bertz CT molecular complexity index is 1300. The van der Waals surface area contributed by atoms with Gasteiger partial charge in [0.15, 0.2) is 5.58 Å². The first-order valence-corrected chi connectivity index (χ1v) is 9.41. The van der Waals surface area contributed by atoms with Gasteiger partial charge in [-0.25, -0.2) is 9.97 Å². The third-order valence-electron chi connectivity index (χ3n) is 4.60. The Hall–Kier alpha value is -3.25. The molecule has 0 radical (unpaired) electrons. The topological polar surface area (TPSA) is 60.9 Å². The van der Waals surface area contributed by atoms with Crippen LogP contribution in [-0.2, 0) is 6.54 Å². The lowest BCUT2D eigenvalue weighted by atomic mass is 10.1. The maximum absolute atomic E-state index is 13.1. The van der Waals surface area contributed by atoms with Crippen molar-refractivity contribution in [3.63, 3.8) is 0 Å². The molecule has 0 saturated carbocycles. The minimum atomic E-state index is -0.0711. The van der Waals surface area contributed by atoms with E-state index in [4.69, 9.17) is 4.42 Å². The van der Waals surface area contributed by atoms with Crippen LogP contribution in [0.15, 0.2) is 70.1 Å². The van der Waals surface area contributed by atoms with E-state index in [1.54, 1.807) is 22.2 Å². The normalized spacial score (nSPS) is 11.4. The molecule has 2 aromatic carbocycles. The van der Waals surface area contributed by atoms with E-state index >= 15 is 0 Å². The maximum Gasteiger partial charge on any atom is 0.262 e. The molecule has 6 heteroatoms. The molecular formula is C21H15N3O2S. The van der Waals surface area contributed by atoms with Crippen molar-refractivity contribution in [3.8, 4) is 10.4 Å². The average Bonchev–Trinajstić information content (AvgIpc) is 3.25. The Kier molecular flexibility index (Phi) is 3.65. The number of fused-ring (bicyclic) bond motifs is 2. The zero-order valence-electron chi connectivity index (χ0n) is 14.5. The van der Waals surface area contributed by atoms with Crippen molar-refractivity contribution < 1.29 is 4.42 Å². The summed E-state index contributed by atoms with van der Waals surface area (Å²) in [4.78, 5) is 23.9. The van der Waals surface area contributed by atoms with E-state index < -0.39 is 0 Å². The third-order valence-corrected chi connectivity index (χ3v) is 5.85. The van der Waals surface area contributed by atoms with Crippen LogP contribution < -0.4 is 5.56 Å². The highest BCUT2D eigenvalue weighted by molar-refractivity contribution is 7.22. The standard InChI is InChI=1S/C21H15N3O2S/c1-13-18-20(27-19(13)14-7-3-2-4-8-14)22-12-24(21(18)25)11-17-23-15-9-5-6-10-16(15)26-17/h2-10,12H,11H2,1H3. The second kappa shape index (κ2) is 6.17. The van der Waals surface area contributed by atoms with E-state index in [1.165, 1.54) is 0 Å². The Labute approximate surface area is 158 Å². The number of hydrogen-bond acceptors (Lipinski definition) is 5. The molecule has 0 amide bonds. The molecule has 0 aliphatic carbocycles. The van der Waals surface area contributed by atoms with Gasteiger partial charge in [-0.15, -0.1) is 11.3 Å². The second-order valence-corrected chi connectivity index (χ2v) is 7.35. The van der Waals surface area contributed by atoms with Crippen LogP contribution in [0.1, 0.15) is 11.5 Å². The highest BCUT2D eigenvalue weighted by atomic mass is 32.1. The summed E-state index contributed by atoms with van der Waals surface area (Å²) in [6.45, 7) is 2.24. The van der Waals surface area contributed by atoms with Crippen LogP contribution in [0.3, 0.4) is 0 Å². The first-order valence-electron chi connectivity index (χ1n) is 8.59. The summed E-state index contributed by atoms with van der Waals surface area (Å²) >= 11 is 1.55. The minimum Gasteiger partial charge on any atom is -0.439 e. The predicted octanol–water partition coefficient (Wildman–Crippen LogP) is 4.62. The number of aryl methyl sites for hydroxylation is 1. The third kappa shape index (κ3) is 2.65. The summed E-state index contributed by atoms with van der Waals surface area (Å²) in [5, 5.41) is 0.664. The molecule has 0 N–H and O–H groups in total. The molecule has 27 heavy (non-hydrogen) atoms. The van der Waals surface area contributed by atoms with Crippen molar-refractivity contribution in [1.82, 2.24) is 14.5 Å². The number of oxazole rings is 1. The number of thiophene rings is 1. The van der Waals surface area contributed by atoms with Gasteiger partial charge in [0.2, 0.25) is 5.89 Å². The Morgan fingerprint density at radius 3 is 2.67 bits per heavy atom. The molecule has 0 saturated heterocycles. The van der Waals surface area contributed by atoms with E-state index in [9.17, 15) is 4.79 Å². The fraction of sp³-hybridized carbons (Fsp3) is 0.0952. The average molecular weight is 373 g/mol. The summed E-state index contributed by atoms with van der Waals surface area (Å²) < 4.78 is 7.30. The molecule has 3 aromatic heterocycles. The number of benzene rings is 2. The molecule has 132 valence electrons. The van der Waals surface area contributed by atoms with Crippen molar-refractivity contribution in [1.29, 1.82) is 0 Å². The maximum atomic E-state index is 13.1. The van der Waals surface area contributed by atoms with Gasteiger partial charge in [0, 0.05) is 4.88 Å². The summed E-state index contributed by atoms with van der Waals surface area (Å²) in [7, 11) is 0. The molecule has 3 heterocycles. The Morgan fingerprint density at radius 2 is 1.85 bits per heavy atom. The molecule has 5 aromatic rings. The molecule has 0 bridgehead atoms. The quantitative estimate of drug-likeness (QED) is 0.463. The van der Waals surface area contributed by atoms with Gasteiger partial charge in [-0.2, -0.15) is 0 Å². The highest BCUT2D eigenvalue weighted by Gasteiger charge is 2.16. The second-order valence-electron chi connectivity index (χ2n) is 6.36. The molecule has 0 atom stereocenters. The number of para-hydroxylation sites is 2. The number of hydrogen-bond donors (Lipinski definition) is 0. The summed E-state index contributed by atoms with van der Waals surface area (Å²) in [6, 6.07) is 17.6. The zero-order chi connectivity index (χ0) is 18.4. The molecular weight excluding hydrogens is 358 g/mol. The van der Waals surface area contributed by atoms with Gasteiger partial charge in [-0.3, -0.25) is 9.36 Å². The van der Waals surface area contributed by atoms with Gasteiger partial charge < -0.3 is 4.42 Å². The van der Waals surface area contributed by atoms with E-state index in [0.717, 1.165) is 26.4 Å². The first-order chi connectivity index (χ1) is 13.2. The van der Waals surface area contributed by atoms with Gasteiger partial charge >= 0.3 is 0 Å². The fourth-order valence-electron chi connectivity index (χ4n) is 3.27. The molecule has 0 spiro atoms. The van der Waals surface area contributed by atoms with Gasteiger partial charge in [-0.05, 0) is 30.2 Å². The van der Waals surface area contributed by atoms with Crippen LogP contribution in [0.2, 0.25) is 0 Å². The molecule has 0 unspecified atom stereocenters. The zero-order valence-corrected chi connectivity index (χ0v) is 15.4. The molecule has 5 nitrogen and oxygen atoms in total. The number of aromatic nitrogens is 3. The van der Waals surface area contributed by atoms with E-state index in [2.05, 4.69) is 22.1 Å². The van der Waals surface area contributed by atoms with Crippen molar-refractivity contribution in [2.24, 2.45) is 0 Å². The van der Waals surface area contributed by atoms with E-state index in [0.29, 0.717) is 16.9 Å². The van der Waals surface area contributed by atoms with Crippen LogP contribution in [0.4, 0.5) is 0 Å². The summed E-state index contributed by atoms with van der Waals surface area (Å²) in [5.41, 5.74) is 3.49. The molecule has 0 aliphatic heterocycles. The van der Waals surface area contributed by atoms with E-state index in [-0.39, 0.29) is 12.1 Å². The van der Waals surface area contributed by atoms with Gasteiger partial charge in [0.1, 0.15) is 16.9 Å². The summed E-state index contributed by atoms with van der Waals surface area (Å²) in [6.07, 6.45) is 1.57. The minimum absolute atomic E-state index is 0.0711. The fourth-order valence-corrected chi connectivity index (χ4v) is 4.41. The highest BCUT2D eigenvalue weighted by Crippen LogP contribution is 2.35. The Balaban J connectivity index is 1.61. The number of nitrogens with zero attached hydrogens (tertiary/aromatic N) is 3. The van der Waals surface area contributed by atoms with Crippen LogP contribution in [0.25, 0.3) is 31.8 Å². The summed E-state index contributed by atoms with van der Waals surface area (Å²) in [5.74, 6) is 0.496. The van der Waals surface area contributed by atoms with Crippen molar-refractivity contribution in [3.05, 3.63) is 82.7 Å². The predicted molar refractivity (Wildman–Crippen MR) is 107 cm³/mol. The molecule has 5 rings (SSSR count). The van der Waals surface area contributed by atoms with Crippen LogP contribution in [0.5, 0.6) is 0 Å². The Morgan fingerprint density at radius 1 is 1.07 bits per heavy atom. The van der Waals surface area contributed by atoms with Crippen molar-refractivity contribution >= 4 is 32.7 Å². The van der Waals surface area contributed by atoms with Crippen LogP contribution in [-0.4, -0.2) is 14.5 Å². The largest absolute Gasteiger partial charge is 0.439 e. The van der Waals surface area contributed by atoms with Crippen molar-refractivity contribution in [2.75, 3.05) is 0 Å². The lowest BCUT2D eigenvalue weighted by Gasteiger charge is -2.02. The van der Waals surface area contributed by atoms with Gasteiger partial charge in [0.05, 0.1) is 11.7 Å². The van der Waals surface area contributed by atoms with Gasteiger partial charge in [-0.1, -0.05) is 42.5 Å².